The minimum Gasteiger partial charge on any atom is -0.492 e. The molecule has 9 heteroatoms. The molecule has 1 aromatic heterocycles. The van der Waals surface area contributed by atoms with Crippen LogP contribution < -0.4 is 15.8 Å². The molecule has 1 aliphatic rings. The van der Waals surface area contributed by atoms with Crippen LogP contribution in [0.1, 0.15) is 53.7 Å². The van der Waals surface area contributed by atoms with E-state index in [9.17, 15) is 14.0 Å². The van der Waals surface area contributed by atoms with Gasteiger partial charge < -0.3 is 20.5 Å². The van der Waals surface area contributed by atoms with Crippen LogP contribution in [0.3, 0.4) is 0 Å². The average molecular weight is 554 g/mol. The van der Waals surface area contributed by atoms with Gasteiger partial charge in [0, 0.05) is 23.9 Å². The number of carbonyl (C=O) groups excluding carboxylic acids is 2. The molecule has 1 amide bonds. The monoisotopic (exact) mass is 553 g/mol. The molecule has 0 spiro atoms. The van der Waals surface area contributed by atoms with Gasteiger partial charge >= 0.3 is 5.97 Å². The van der Waals surface area contributed by atoms with Crippen LogP contribution in [0.4, 0.5) is 4.39 Å². The Labute approximate surface area is 235 Å². The zero-order chi connectivity index (χ0) is 27.2. The normalized spacial score (nSPS) is 13.4. The molecule has 7 nitrogen and oxygen atoms in total. The van der Waals surface area contributed by atoms with E-state index in [1.165, 1.54) is 6.07 Å². The molecule has 208 valence electrons. The molecule has 1 aliphatic carbocycles. The van der Waals surface area contributed by atoms with E-state index >= 15 is 0 Å². The first-order valence-corrected chi connectivity index (χ1v) is 12.9. The quantitative estimate of drug-likeness (QED) is 0.322. The van der Waals surface area contributed by atoms with Gasteiger partial charge in [0.2, 0.25) is 0 Å². The Kier molecular flexibility index (Phi) is 10.5. The SMILES string of the molecule is Cc1ccc(CNC(=O)c2cc(-c3ncccc3COC(=O)[C@@H](N)C(C)C)ccc2OCC2CC2)cc1F.S. The number of nitrogens with one attached hydrogen (secondary N) is 1. The van der Waals surface area contributed by atoms with Crippen LogP contribution >= 0.6 is 13.5 Å². The molecule has 0 bridgehead atoms. The topological polar surface area (TPSA) is 104 Å². The summed E-state index contributed by atoms with van der Waals surface area (Å²) in [7, 11) is 0. The lowest BCUT2D eigenvalue weighted by Gasteiger charge is -2.16. The van der Waals surface area contributed by atoms with E-state index in [0.29, 0.717) is 51.8 Å². The van der Waals surface area contributed by atoms with Crippen molar-refractivity contribution in [1.29, 1.82) is 0 Å². The van der Waals surface area contributed by atoms with Crippen LogP contribution in [-0.4, -0.2) is 29.5 Å². The Morgan fingerprint density at radius 2 is 1.92 bits per heavy atom. The van der Waals surface area contributed by atoms with Crippen molar-refractivity contribution in [3.05, 3.63) is 82.8 Å². The van der Waals surface area contributed by atoms with Gasteiger partial charge in [0.15, 0.2) is 0 Å². The molecular formula is C30H36FN3O4S. The lowest BCUT2D eigenvalue weighted by molar-refractivity contribution is -0.147. The summed E-state index contributed by atoms with van der Waals surface area (Å²) < 4.78 is 25.4. The molecule has 1 fully saturated rings. The first-order chi connectivity index (χ1) is 18.2. The highest BCUT2D eigenvalue weighted by Crippen LogP contribution is 2.32. The molecule has 39 heavy (non-hydrogen) atoms. The summed E-state index contributed by atoms with van der Waals surface area (Å²) >= 11 is 0. The van der Waals surface area contributed by atoms with Crippen molar-refractivity contribution >= 4 is 25.4 Å². The molecule has 3 N–H and O–H groups in total. The van der Waals surface area contributed by atoms with E-state index in [0.717, 1.165) is 12.8 Å². The number of pyridine rings is 1. The van der Waals surface area contributed by atoms with E-state index in [-0.39, 0.29) is 44.3 Å². The van der Waals surface area contributed by atoms with E-state index in [2.05, 4.69) is 10.3 Å². The molecule has 0 unspecified atom stereocenters. The molecule has 1 heterocycles. The Bertz CT molecular complexity index is 1310. The van der Waals surface area contributed by atoms with Gasteiger partial charge in [-0.25, -0.2) is 4.39 Å². The fraction of sp³-hybridized carbons (Fsp3) is 0.367. The van der Waals surface area contributed by atoms with Crippen LogP contribution in [0.2, 0.25) is 0 Å². The van der Waals surface area contributed by atoms with Gasteiger partial charge in [-0.1, -0.05) is 32.0 Å². The first kappa shape index (κ1) is 30.1. The number of halogens is 1. The number of hydrogen-bond acceptors (Lipinski definition) is 6. The van der Waals surface area contributed by atoms with Crippen molar-refractivity contribution in [3.8, 4) is 17.0 Å². The number of hydrogen-bond donors (Lipinski definition) is 2. The highest BCUT2D eigenvalue weighted by atomic mass is 32.1. The predicted octanol–water partition coefficient (Wildman–Crippen LogP) is 5.05. The standard InChI is InChI=1S/C30H34FN3O4.H2S/c1-18(2)27(32)30(36)38-17-23-5-4-12-33-28(23)22-10-11-26(37-16-20-8-9-20)24(14-22)29(35)34-15-21-7-6-19(3)25(31)13-21;/h4-7,10-14,18,20,27H,8-9,15-17,32H2,1-3H3,(H,34,35);1H2/t27-;/m0./s1. The number of esters is 1. The zero-order valence-electron chi connectivity index (χ0n) is 22.5. The molecule has 0 saturated heterocycles. The van der Waals surface area contributed by atoms with Crippen molar-refractivity contribution < 1.29 is 23.5 Å². The molecule has 3 aromatic rings. The highest BCUT2D eigenvalue weighted by Gasteiger charge is 2.24. The number of aromatic nitrogens is 1. The summed E-state index contributed by atoms with van der Waals surface area (Å²) in [6, 6.07) is 13.1. The zero-order valence-corrected chi connectivity index (χ0v) is 23.5. The van der Waals surface area contributed by atoms with E-state index in [4.69, 9.17) is 15.2 Å². The maximum Gasteiger partial charge on any atom is 0.323 e. The van der Waals surface area contributed by atoms with Gasteiger partial charge in [-0.2, -0.15) is 13.5 Å². The molecular weight excluding hydrogens is 517 g/mol. The number of benzene rings is 2. The first-order valence-electron chi connectivity index (χ1n) is 12.9. The van der Waals surface area contributed by atoms with Gasteiger partial charge in [0.25, 0.3) is 5.91 Å². The predicted molar refractivity (Wildman–Crippen MR) is 153 cm³/mol. The third-order valence-electron chi connectivity index (χ3n) is 6.61. The number of rotatable bonds is 11. The third-order valence-corrected chi connectivity index (χ3v) is 6.61. The van der Waals surface area contributed by atoms with E-state index in [1.807, 2.05) is 26.0 Å². The van der Waals surface area contributed by atoms with Crippen LogP contribution in [0, 0.1) is 24.6 Å². The molecule has 1 atom stereocenters. The largest absolute Gasteiger partial charge is 0.492 e. The van der Waals surface area contributed by atoms with E-state index in [1.54, 1.807) is 43.5 Å². The smallest absolute Gasteiger partial charge is 0.323 e. The molecule has 0 radical (unpaired) electrons. The number of nitrogens with two attached hydrogens (primary N) is 1. The fourth-order valence-corrected chi connectivity index (χ4v) is 3.83. The van der Waals surface area contributed by atoms with Crippen molar-refractivity contribution in [2.45, 2.75) is 52.8 Å². The summed E-state index contributed by atoms with van der Waals surface area (Å²) in [6.07, 6.45) is 3.88. The van der Waals surface area contributed by atoms with Crippen molar-refractivity contribution in [3.63, 3.8) is 0 Å². The Morgan fingerprint density at radius 1 is 1.15 bits per heavy atom. The second-order valence-corrected chi connectivity index (χ2v) is 10.1. The van der Waals surface area contributed by atoms with Crippen LogP contribution in [0.25, 0.3) is 11.3 Å². The van der Waals surface area contributed by atoms with Gasteiger partial charge in [0.1, 0.15) is 24.2 Å². The lowest BCUT2D eigenvalue weighted by Crippen LogP contribution is -2.36. The second kappa shape index (κ2) is 13.6. The molecule has 4 rings (SSSR count). The van der Waals surface area contributed by atoms with Crippen LogP contribution in [0.15, 0.2) is 54.7 Å². The van der Waals surface area contributed by atoms with Crippen LogP contribution in [0.5, 0.6) is 5.75 Å². The van der Waals surface area contributed by atoms with Gasteiger partial charge in [-0.05, 0) is 73.1 Å². The fourth-order valence-electron chi connectivity index (χ4n) is 3.83. The summed E-state index contributed by atoms with van der Waals surface area (Å²) in [5, 5.41) is 2.87. The minimum absolute atomic E-state index is 0. The third kappa shape index (κ3) is 8.03. The number of carbonyl (C=O) groups is 2. The van der Waals surface area contributed by atoms with E-state index < -0.39 is 12.0 Å². The van der Waals surface area contributed by atoms with Crippen LogP contribution in [-0.2, 0) is 22.7 Å². The van der Waals surface area contributed by atoms with Gasteiger partial charge in [-0.15, -0.1) is 0 Å². The van der Waals surface area contributed by atoms with Crippen molar-refractivity contribution in [1.82, 2.24) is 10.3 Å². The molecule has 2 aromatic carbocycles. The number of amides is 1. The lowest BCUT2D eigenvalue weighted by atomic mass is 10.0. The minimum atomic E-state index is -0.713. The summed E-state index contributed by atoms with van der Waals surface area (Å²) in [5.74, 6) is -0.200. The number of aryl methyl sites for hydroxylation is 1. The highest BCUT2D eigenvalue weighted by molar-refractivity contribution is 7.59. The molecule has 0 aliphatic heterocycles. The average Bonchev–Trinajstić information content (AvgIpc) is 3.75. The molecule has 1 saturated carbocycles. The Hall–Kier alpha value is -3.43. The number of nitrogens with zero attached hydrogens (tertiary/aromatic N) is 1. The summed E-state index contributed by atoms with van der Waals surface area (Å²) in [6.45, 7) is 6.13. The van der Waals surface area contributed by atoms with Crippen molar-refractivity contribution in [2.24, 2.45) is 17.6 Å². The Balaban J connectivity index is 0.00000420. The van der Waals surface area contributed by atoms with Gasteiger partial charge in [0.05, 0.1) is 17.9 Å². The maximum absolute atomic E-state index is 14.0. The maximum atomic E-state index is 14.0. The van der Waals surface area contributed by atoms with Crippen molar-refractivity contribution in [2.75, 3.05) is 6.61 Å². The summed E-state index contributed by atoms with van der Waals surface area (Å²) in [5.41, 5.74) is 9.42. The second-order valence-electron chi connectivity index (χ2n) is 10.1. The number of ether oxygens (including phenoxy) is 2. The van der Waals surface area contributed by atoms with Gasteiger partial charge in [-0.3, -0.25) is 14.6 Å². The Morgan fingerprint density at radius 3 is 2.62 bits per heavy atom. The summed E-state index contributed by atoms with van der Waals surface area (Å²) in [4.78, 5) is 30.1.